The number of aryl methyl sites for hydroxylation is 1. The smallest absolute Gasteiger partial charge is 0.416 e. The Labute approximate surface area is 202 Å². The van der Waals surface area contributed by atoms with Crippen LogP contribution in [0.25, 0.3) is 0 Å². The van der Waals surface area contributed by atoms with E-state index in [1.165, 1.54) is 30.2 Å². The first kappa shape index (κ1) is 23.9. The van der Waals surface area contributed by atoms with Gasteiger partial charge in [-0.1, -0.05) is 40.2 Å². The van der Waals surface area contributed by atoms with Gasteiger partial charge in [-0.05, 0) is 48.9 Å². The van der Waals surface area contributed by atoms with Crippen molar-refractivity contribution in [3.8, 4) is 0 Å². The first-order valence-electron chi connectivity index (χ1n) is 10.3. The molecule has 1 atom stereocenters. The van der Waals surface area contributed by atoms with Gasteiger partial charge in [0.2, 0.25) is 0 Å². The van der Waals surface area contributed by atoms with E-state index in [1.807, 2.05) is 0 Å². The van der Waals surface area contributed by atoms with Crippen LogP contribution in [0.3, 0.4) is 0 Å². The number of alkyl halides is 3. The first-order chi connectivity index (χ1) is 16.1. The van der Waals surface area contributed by atoms with Crippen LogP contribution in [-0.4, -0.2) is 18.9 Å². The van der Waals surface area contributed by atoms with E-state index in [1.54, 1.807) is 37.3 Å². The highest BCUT2D eigenvalue weighted by Crippen LogP contribution is 2.44. The van der Waals surface area contributed by atoms with Crippen molar-refractivity contribution in [1.29, 1.82) is 0 Å². The molecule has 0 radical (unpaired) electrons. The SMILES string of the molecule is COC(=O)CC1c2cc(C)cc(F)c2N=C(c2ccc(Br)cc2)N1c1cccc(C(F)(F)F)c1. The number of halogens is 5. The molecule has 0 bridgehead atoms. The van der Waals surface area contributed by atoms with Crippen molar-refractivity contribution in [2.45, 2.75) is 25.6 Å². The number of ether oxygens (including phenoxy) is 1. The summed E-state index contributed by atoms with van der Waals surface area (Å²) in [5.41, 5.74) is 0.886. The number of fused-ring (bicyclic) bond motifs is 1. The fourth-order valence-corrected chi connectivity index (χ4v) is 4.22. The summed E-state index contributed by atoms with van der Waals surface area (Å²) >= 11 is 3.36. The summed E-state index contributed by atoms with van der Waals surface area (Å²) in [5, 5.41) is 0. The van der Waals surface area contributed by atoms with Crippen LogP contribution in [-0.2, 0) is 15.7 Å². The van der Waals surface area contributed by atoms with Gasteiger partial charge >= 0.3 is 12.1 Å². The van der Waals surface area contributed by atoms with Gasteiger partial charge in [0.1, 0.15) is 17.3 Å². The second-order valence-corrected chi connectivity index (χ2v) is 8.76. The maximum atomic E-state index is 15.0. The average Bonchev–Trinajstić information content (AvgIpc) is 2.79. The standard InChI is InChI=1S/C25H19BrF4N2O2/c1-14-10-19-21(13-22(33)34-2)32(18-5-3-4-16(12-18)25(28,29)30)24(31-23(19)20(27)11-14)15-6-8-17(26)9-7-15/h3-12,21H,13H2,1-2H3. The predicted molar refractivity (Wildman–Crippen MR) is 125 cm³/mol. The molecule has 0 amide bonds. The number of aliphatic imine (C=N–C) groups is 1. The Bertz CT molecular complexity index is 1270. The summed E-state index contributed by atoms with van der Waals surface area (Å²) in [6, 6.07) is 13.9. The van der Waals surface area contributed by atoms with Gasteiger partial charge < -0.3 is 9.64 Å². The van der Waals surface area contributed by atoms with Crippen molar-refractivity contribution in [3.63, 3.8) is 0 Å². The molecule has 1 unspecified atom stereocenters. The first-order valence-corrected chi connectivity index (χ1v) is 11.1. The minimum Gasteiger partial charge on any atom is -0.469 e. The van der Waals surface area contributed by atoms with E-state index < -0.39 is 29.6 Å². The lowest BCUT2D eigenvalue weighted by Gasteiger charge is -2.38. The largest absolute Gasteiger partial charge is 0.469 e. The molecule has 3 aromatic carbocycles. The number of carbonyl (C=O) groups excluding carboxylic acids is 1. The van der Waals surface area contributed by atoms with Crippen LogP contribution in [0.4, 0.5) is 28.9 Å². The highest BCUT2D eigenvalue weighted by atomic mass is 79.9. The van der Waals surface area contributed by atoms with Crippen molar-refractivity contribution in [2.75, 3.05) is 12.0 Å². The van der Waals surface area contributed by atoms with Crippen molar-refractivity contribution >= 4 is 39.1 Å². The molecule has 4 nitrogen and oxygen atoms in total. The van der Waals surface area contributed by atoms with E-state index in [0.717, 1.165) is 16.6 Å². The number of benzene rings is 3. The number of amidine groups is 1. The van der Waals surface area contributed by atoms with Crippen molar-refractivity contribution in [2.24, 2.45) is 4.99 Å². The molecule has 0 fully saturated rings. The van der Waals surface area contributed by atoms with E-state index in [4.69, 9.17) is 4.74 Å². The minimum absolute atomic E-state index is 0.0423. The minimum atomic E-state index is -4.57. The third-order valence-corrected chi connectivity index (χ3v) is 6.02. The van der Waals surface area contributed by atoms with Gasteiger partial charge in [-0.2, -0.15) is 13.2 Å². The van der Waals surface area contributed by atoms with Crippen molar-refractivity contribution in [1.82, 2.24) is 0 Å². The molecule has 1 aliphatic rings. The number of hydrogen-bond donors (Lipinski definition) is 0. The Morgan fingerprint density at radius 3 is 2.47 bits per heavy atom. The van der Waals surface area contributed by atoms with Crippen LogP contribution in [0.2, 0.25) is 0 Å². The highest BCUT2D eigenvalue weighted by Gasteiger charge is 2.37. The Balaban J connectivity index is 2.00. The van der Waals surface area contributed by atoms with E-state index in [-0.39, 0.29) is 23.6 Å². The maximum absolute atomic E-state index is 15.0. The molecule has 0 aromatic heterocycles. The Kier molecular flexibility index (Phi) is 6.49. The number of rotatable bonds is 4. The van der Waals surface area contributed by atoms with Gasteiger partial charge in [-0.25, -0.2) is 9.38 Å². The van der Waals surface area contributed by atoms with Crippen molar-refractivity contribution in [3.05, 3.63) is 93.2 Å². The normalized spacial score (nSPS) is 15.6. The monoisotopic (exact) mass is 534 g/mol. The zero-order chi connectivity index (χ0) is 24.6. The Morgan fingerprint density at radius 1 is 1.12 bits per heavy atom. The number of nitrogens with zero attached hydrogens (tertiary/aromatic N) is 2. The number of hydrogen-bond acceptors (Lipinski definition) is 4. The molecule has 0 N–H and O–H groups in total. The quantitative estimate of drug-likeness (QED) is 0.264. The van der Waals surface area contributed by atoms with Gasteiger partial charge in [0, 0.05) is 21.3 Å². The van der Waals surface area contributed by atoms with Crippen LogP contribution in [0, 0.1) is 12.7 Å². The second-order valence-electron chi connectivity index (χ2n) is 7.84. The van der Waals surface area contributed by atoms with E-state index >= 15 is 4.39 Å². The molecular formula is C25H19BrF4N2O2. The summed E-state index contributed by atoms with van der Waals surface area (Å²) in [6.07, 6.45) is -4.79. The third kappa shape index (κ3) is 4.70. The fraction of sp³-hybridized carbons (Fsp3) is 0.200. The number of esters is 1. The van der Waals surface area contributed by atoms with E-state index in [9.17, 15) is 18.0 Å². The Morgan fingerprint density at radius 2 is 1.82 bits per heavy atom. The lowest BCUT2D eigenvalue weighted by molar-refractivity contribution is -0.141. The summed E-state index contributed by atoms with van der Waals surface area (Å²) in [7, 11) is 1.22. The van der Waals surface area contributed by atoms with Gasteiger partial charge in [-0.15, -0.1) is 0 Å². The maximum Gasteiger partial charge on any atom is 0.416 e. The molecule has 3 aromatic rings. The summed E-state index contributed by atoms with van der Waals surface area (Å²) in [6.45, 7) is 1.70. The van der Waals surface area contributed by atoms with E-state index in [2.05, 4.69) is 20.9 Å². The van der Waals surface area contributed by atoms with Crippen LogP contribution < -0.4 is 4.90 Å². The number of methoxy groups -OCH3 is 1. The summed E-state index contributed by atoms with van der Waals surface area (Å²) in [5.74, 6) is -0.953. The van der Waals surface area contributed by atoms with Crippen LogP contribution in [0.15, 0.2) is 70.1 Å². The molecule has 0 aliphatic carbocycles. The molecule has 0 spiro atoms. The second kappa shape index (κ2) is 9.21. The third-order valence-electron chi connectivity index (χ3n) is 5.50. The molecule has 0 saturated heterocycles. The zero-order valence-corrected chi connectivity index (χ0v) is 19.7. The van der Waals surface area contributed by atoms with Gasteiger partial charge in [-0.3, -0.25) is 4.79 Å². The lowest BCUT2D eigenvalue weighted by Crippen LogP contribution is -2.39. The van der Waals surface area contributed by atoms with E-state index in [0.29, 0.717) is 16.7 Å². The van der Waals surface area contributed by atoms with Gasteiger partial charge in [0.25, 0.3) is 0 Å². The summed E-state index contributed by atoms with van der Waals surface area (Å²) < 4.78 is 61.3. The number of carbonyl (C=O) groups is 1. The summed E-state index contributed by atoms with van der Waals surface area (Å²) in [4.78, 5) is 18.5. The fourth-order valence-electron chi connectivity index (χ4n) is 3.96. The molecule has 9 heteroatoms. The molecule has 34 heavy (non-hydrogen) atoms. The average molecular weight is 535 g/mol. The molecule has 176 valence electrons. The molecule has 0 saturated carbocycles. The van der Waals surface area contributed by atoms with Crippen LogP contribution >= 0.6 is 15.9 Å². The number of anilines is 1. The topological polar surface area (TPSA) is 41.9 Å². The molecule has 1 heterocycles. The lowest BCUT2D eigenvalue weighted by atomic mass is 9.93. The molecule has 4 rings (SSSR count). The van der Waals surface area contributed by atoms with Crippen molar-refractivity contribution < 1.29 is 27.1 Å². The van der Waals surface area contributed by atoms with Gasteiger partial charge in [0.15, 0.2) is 0 Å². The van der Waals surface area contributed by atoms with Gasteiger partial charge in [0.05, 0.1) is 25.1 Å². The molecular weight excluding hydrogens is 516 g/mol. The highest BCUT2D eigenvalue weighted by molar-refractivity contribution is 9.10. The van der Waals surface area contributed by atoms with Crippen LogP contribution in [0.1, 0.15) is 34.7 Å². The zero-order valence-electron chi connectivity index (χ0n) is 18.2. The van der Waals surface area contributed by atoms with Crippen LogP contribution in [0.5, 0.6) is 0 Å². The molecule has 1 aliphatic heterocycles. The predicted octanol–water partition coefficient (Wildman–Crippen LogP) is 7.12. The Hall–Kier alpha value is -3.20.